The number of hydrogen-bond donors (Lipinski definition) is 1. The van der Waals surface area contributed by atoms with Crippen molar-refractivity contribution in [2.75, 3.05) is 11.5 Å². The predicted octanol–water partition coefficient (Wildman–Crippen LogP) is 2.85. The molecule has 1 N–H and O–H groups in total. The fourth-order valence-electron chi connectivity index (χ4n) is 3.46. The van der Waals surface area contributed by atoms with E-state index in [1.807, 2.05) is 11.8 Å². The van der Waals surface area contributed by atoms with E-state index in [4.69, 9.17) is 0 Å². The Morgan fingerprint density at radius 1 is 1.37 bits per heavy atom. The maximum atomic E-state index is 12.6. The van der Waals surface area contributed by atoms with Crippen molar-refractivity contribution in [1.82, 2.24) is 10.2 Å². The average molecular weight is 284 g/mol. The van der Waals surface area contributed by atoms with Crippen LogP contribution < -0.4 is 5.32 Å². The zero-order valence-electron chi connectivity index (χ0n) is 12.5. The third-order valence-electron chi connectivity index (χ3n) is 4.52. The molecule has 2 fully saturated rings. The highest BCUT2D eigenvalue weighted by Crippen LogP contribution is 2.33. The highest BCUT2D eigenvalue weighted by Gasteiger charge is 2.44. The van der Waals surface area contributed by atoms with Crippen LogP contribution in [0.15, 0.2) is 0 Å². The Morgan fingerprint density at radius 3 is 2.63 bits per heavy atom. The van der Waals surface area contributed by atoms with E-state index in [1.165, 1.54) is 25.7 Å². The predicted molar refractivity (Wildman–Crippen MR) is 82.3 cm³/mol. The lowest BCUT2D eigenvalue weighted by Gasteiger charge is -2.33. The third kappa shape index (κ3) is 3.27. The van der Waals surface area contributed by atoms with Crippen molar-refractivity contribution in [2.45, 2.75) is 71.1 Å². The fraction of sp³-hybridized carbons (Fsp3) is 0.933. The molecule has 3 nitrogen and oxygen atoms in total. The van der Waals surface area contributed by atoms with E-state index < -0.39 is 0 Å². The van der Waals surface area contributed by atoms with Crippen LogP contribution in [-0.4, -0.2) is 40.6 Å². The molecule has 0 spiro atoms. The van der Waals surface area contributed by atoms with Crippen LogP contribution in [0.1, 0.15) is 52.9 Å². The van der Waals surface area contributed by atoms with Gasteiger partial charge in [-0.3, -0.25) is 10.1 Å². The lowest BCUT2D eigenvalue weighted by molar-refractivity contribution is -0.132. The van der Waals surface area contributed by atoms with E-state index in [2.05, 4.69) is 31.0 Å². The van der Waals surface area contributed by atoms with Crippen LogP contribution in [0.4, 0.5) is 0 Å². The second-order valence-corrected chi connectivity index (χ2v) is 7.19. The molecular weight excluding hydrogens is 256 g/mol. The molecule has 3 atom stereocenters. The van der Waals surface area contributed by atoms with E-state index in [0.29, 0.717) is 24.0 Å². The van der Waals surface area contributed by atoms with Gasteiger partial charge in [-0.15, -0.1) is 0 Å². The quantitative estimate of drug-likeness (QED) is 0.814. The molecule has 2 aliphatic rings. The van der Waals surface area contributed by atoms with Gasteiger partial charge in [-0.1, -0.05) is 26.7 Å². The Balaban J connectivity index is 2.07. The van der Waals surface area contributed by atoms with Crippen molar-refractivity contribution in [2.24, 2.45) is 5.92 Å². The Hall–Kier alpha value is -0.220. The molecule has 0 aromatic carbocycles. The zero-order chi connectivity index (χ0) is 13.8. The molecule has 0 aromatic heterocycles. The first-order valence-corrected chi connectivity index (χ1v) is 9.00. The summed E-state index contributed by atoms with van der Waals surface area (Å²) in [6.45, 7) is 6.50. The first-order valence-electron chi connectivity index (χ1n) is 7.85. The summed E-state index contributed by atoms with van der Waals surface area (Å²) >= 11 is 1.94. The SMILES string of the molecule is CCSCC(C)N1C(=O)C(CC)NC1C1CCCC1. The summed E-state index contributed by atoms with van der Waals surface area (Å²) < 4.78 is 0. The molecule has 2 rings (SSSR count). The van der Waals surface area contributed by atoms with E-state index >= 15 is 0 Å². The summed E-state index contributed by atoms with van der Waals surface area (Å²) in [5.41, 5.74) is 0. The van der Waals surface area contributed by atoms with Crippen LogP contribution in [-0.2, 0) is 4.79 Å². The number of rotatable bonds is 6. The monoisotopic (exact) mass is 284 g/mol. The molecule has 1 aliphatic heterocycles. The molecule has 1 saturated heterocycles. The van der Waals surface area contributed by atoms with E-state index in [0.717, 1.165) is 17.9 Å². The Labute approximate surface area is 121 Å². The van der Waals surface area contributed by atoms with E-state index in [9.17, 15) is 4.79 Å². The first kappa shape index (κ1) is 15.2. The molecular formula is C15H28N2OS. The molecule has 1 heterocycles. The van der Waals surface area contributed by atoms with Crippen molar-refractivity contribution in [3.05, 3.63) is 0 Å². The maximum absolute atomic E-state index is 12.6. The molecule has 1 saturated carbocycles. The molecule has 1 aliphatic carbocycles. The summed E-state index contributed by atoms with van der Waals surface area (Å²) in [5, 5.41) is 3.61. The number of carbonyl (C=O) groups excluding carboxylic acids is 1. The fourth-order valence-corrected chi connectivity index (χ4v) is 4.20. The van der Waals surface area contributed by atoms with Crippen molar-refractivity contribution < 1.29 is 4.79 Å². The zero-order valence-corrected chi connectivity index (χ0v) is 13.3. The van der Waals surface area contributed by atoms with Crippen LogP contribution in [0.2, 0.25) is 0 Å². The molecule has 0 aromatic rings. The van der Waals surface area contributed by atoms with Crippen molar-refractivity contribution in [3.63, 3.8) is 0 Å². The standard InChI is InChI=1S/C15H28N2OS/c1-4-13-15(18)17(11(3)10-19-5-2)14(16-13)12-8-6-7-9-12/h11-14,16H,4-10H2,1-3H3. The van der Waals surface area contributed by atoms with Gasteiger partial charge < -0.3 is 4.90 Å². The minimum Gasteiger partial charge on any atom is -0.322 e. The lowest BCUT2D eigenvalue weighted by Crippen LogP contribution is -2.48. The van der Waals surface area contributed by atoms with Gasteiger partial charge in [-0.05, 0) is 37.9 Å². The van der Waals surface area contributed by atoms with Gasteiger partial charge in [0.2, 0.25) is 5.91 Å². The lowest BCUT2D eigenvalue weighted by atomic mass is 10.0. The van der Waals surface area contributed by atoms with Gasteiger partial charge in [0, 0.05) is 11.8 Å². The van der Waals surface area contributed by atoms with Gasteiger partial charge in [0.25, 0.3) is 0 Å². The van der Waals surface area contributed by atoms with E-state index in [1.54, 1.807) is 0 Å². The second-order valence-electron chi connectivity index (χ2n) is 5.87. The van der Waals surface area contributed by atoms with Gasteiger partial charge in [0.15, 0.2) is 0 Å². The van der Waals surface area contributed by atoms with Gasteiger partial charge in [0.05, 0.1) is 12.2 Å². The molecule has 19 heavy (non-hydrogen) atoms. The van der Waals surface area contributed by atoms with Crippen LogP contribution in [0, 0.1) is 5.92 Å². The normalized spacial score (nSPS) is 30.3. The molecule has 0 bridgehead atoms. The largest absolute Gasteiger partial charge is 0.322 e. The summed E-state index contributed by atoms with van der Waals surface area (Å²) in [4.78, 5) is 14.7. The molecule has 1 amide bonds. The Kier molecular flexibility index (Phi) is 5.58. The third-order valence-corrected chi connectivity index (χ3v) is 5.64. The summed E-state index contributed by atoms with van der Waals surface area (Å²) in [5.74, 6) is 3.20. The van der Waals surface area contributed by atoms with Crippen molar-refractivity contribution >= 4 is 17.7 Å². The van der Waals surface area contributed by atoms with Crippen molar-refractivity contribution in [1.29, 1.82) is 0 Å². The number of thioether (sulfide) groups is 1. The molecule has 110 valence electrons. The summed E-state index contributed by atoms with van der Waals surface area (Å²) in [6, 6.07) is 0.409. The number of amides is 1. The van der Waals surface area contributed by atoms with Crippen molar-refractivity contribution in [3.8, 4) is 0 Å². The Bertz CT molecular complexity index is 305. The number of carbonyl (C=O) groups is 1. The van der Waals surface area contributed by atoms with Gasteiger partial charge in [-0.2, -0.15) is 11.8 Å². The van der Waals surface area contributed by atoms with Gasteiger partial charge in [-0.25, -0.2) is 0 Å². The maximum Gasteiger partial charge on any atom is 0.241 e. The summed E-state index contributed by atoms with van der Waals surface area (Å²) in [6.07, 6.45) is 6.44. The van der Waals surface area contributed by atoms with Gasteiger partial charge in [0.1, 0.15) is 0 Å². The second kappa shape index (κ2) is 6.98. The number of hydrogen-bond acceptors (Lipinski definition) is 3. The van der Waals surface area contributed by atoms with Gasteiger partial charge >= 0.3 is 0 Å². The Morgan fingerprint density at radius 2 is 2.05 bits per heavy atom. The van der Waals surface area contributed by atoms with Crippen LogP contribution in [0.3, 0.4) is 0 Å². The average Bonchev–Trinajstić information content (AvgIpc) is 3.03. The number of nitrogens with zero attached hydrogens (tertiary/aromatic N) is 1. The first-order chi connectivity index (χ1) is 9.19. The minimum atomic E-state index is 0.0553. The van der Waals surface area contributed by atoms with E-state index in [-0.39, 0.29) is 6.04 Å². The summed E-state index contributed by atoms with van der Waals surface area (Å²) in [7, 11) is 0. The highest BCUT2D eigenvalue weighted by atomic mass is 32.2. The number of nitrogens with one attached hydrogen (secondary N) is 1. The topological polar surface area (TPSA) is 32.3 Å². The highest BCUT2D eigenvalue weighted by molar-refractivity contribution is 7.99. The minimum absolute atomic E-state index is 0.0553. The smallest absolute Gasteiger partial charge is 0.241 e. The molecule has 3 unspecified atom stereocenters. The molecule has 4 heteroatoms. The van der Waals surface area contributed by atoms with Crippen LogP contribution in [0.25, 0.3) is 0 Å². The molecule has 0 radical (unpaired) electrons. The van der Waals surface area contributed by atoms with Crippen LogP contribution in [0.5, 0.6) is 0 Å². The van der Waals surface area contributed by atoms with Crippen LogP contribution >= 0.6 is 11.8 Å².